The van der Waals surface area contributed by atoms with Gasteiger partial charge in [0.1, 0.15) is 10.4 Å². The number of aromatic nitrogens is 2. The molecule has 0 saturated carbocycles. The minimum atomic E-state index is 0.192. The number of rotatable bonds is 4. The highest BCUT2D eigenvalue weighted by atomic mass is 79.9. The van der Waals surface area contributed by atoms with E-state index in [0.29, 0.717) is 17.3 Å². The smallest absolute Gasteiger partial charge is 0.224 e. The van der Waals surface area contributed by atoms with Crippen molar-refractivity contribution < 1.29 is 0 Å². The molecular weight excluding hydrogens is 246 g/mol. The van der Waals surface area contributed by atoms with Crippen molar-refractivity contribution in [1.29, 1.82) is 5.41 Å². The third kappa shape index (κ3) is 2.66. The Morgan fingerprint density at radius 2 is 2.43 bits per heavy atom. The van der Waals surface area contributed by atoms with Crippen molar-refractivity contribution in [3.8, 4) is 0 Å². The zero-order valence-corrected chi connectivity index (χ0v) is 9.43. The standard InChI is InChI=1S/C8H12BrN5/c1-2-3-12-8-13-4-5(6(9)10)7(11)14-8/h4,10H,2-3H2,1H3,(H3,11,12,13,14). The number of hydrogen-bond acceptors (Lipinski definition) is 5. The van der Waals surface area contributed by atoms with Crippen LogP contribution in [0.2, 0.25) is 0 Å². The van der Waals surface area contributed by atoms with E-state index >= 15 is 0 Å². The summed E-state index contributed by atoms with van der Waals surface area (Å²) in [6.45, 7) is 2.86. The van der Waals surface area contributed by atoms with E-state index in [0.717, 1.165) is 13.0 Å². The molecule has 1 aromatic rings. The number of nitrogens with two attached hydrogens (primary N) is 1. The summed E-state index contributed by atoms with van der Waals surface area (Å²) < 4.78 is 0.192. The Morgan fingerprint density at radius 3 is 2.93 bits per heavy atom. The van der Waals surface area contributed by atoms with Crippen LogP contribution in [0.3, 0.4) is 0 Å². The van der Waals surface area contributed by atoms with Gasteiger partial charge in [-0.2, -0.15) is 4.98 Å². The van der Waals surface area contributed by atoms with Gasteiger partial charge in [-0.1, -0.05) is 6.92 Å². The highest BCUT2D eigenvalue weighted by molar-refractivity contribution is 9.18. The number of anilines is 2. The van der Waals surface area contributed by atoms with E-state index in [1.807, 2.05) is 0 Å². The second-order valence-corrected chi connectivity index (χ2v) is 3.53. The molecule has 6 heteroatoms. The van der Waals surface area contributed by atoms with Gasteiger partial charge in [0.25, 0.3) is 0 Å². The maximum atomic E-state index is 7.32. The molecule has 0 atom stereocenters. The Morgan fingerprint density at radius 1 is 1.71 bits per heavy atom. The first-order valence-electron chi connectivity index (χ1n) is 4.26. The summed E-state index contributed by atoms with van der Waals surface area (Å²) >= 11 is 3.01. The van der Waals surface area contributed by atoms with E-state index in [1.54, 1.807) is 0 Å². The maximum absolute atomic E-state index is 7.32. The molecule has 0 unspecified atom stereocenters. The van der Waals surface area contributed by atoms with Crippen LogP contribution < -0.4 is 11.1 Å². The molecule has 0 aromatic carbocycles. The third-order valence-corrected chi connectivity index (χ3v) is 2.01. The minimum Gasteiger partial charge on any atom is -0.383 e. The third-order valence-electron chi connectivity index (χ3n) is 1.59. The molecule has 76 valence electrons. The van der Waals surface area contributed by atoms with Crippen molar-refractivity contribution in [2.45, 2.75) is 13.3 Å². The van der Waals surface area contributed by atoms with Crippen LogP contribution in [-0.2, 0) is 0 Å². The van der Waals surface area contributed by atoms with Gasteiger partial charge in [0, 0.05) is 12.7 Å². The molecule has 0 aliphatic heterocycles. The quantitative estimate of drug-likeness (QED) is 0.716. The number of halogens is 1. The average Bonchev–Trinajstić information content (AvgIpc) is 2.14. The Kier molecular flexibility index (Phi) is 3.82. The lowest BCUT2D eigenvalue weighted by molar-refractivity contribution is 0.953. The van der Waals surface area contributed by atoms with Gasteiger partial charge in [-0.3, -0.25) is 5.41 Å². The molecule has 1 rings (SSSR count). The summed E-state index contributed by atoms with van der Waals surface area (Å²) in [7, 11) is 0. The Hall–Kier alpha value is -1.17. The molecule has 14 heavy (non-hydrogen) atoms. The molecule has 0 aliphatic carbocycles. The van der Waals surface area contributed by atoms with E-state index in [9.17, 15) is 0 Å². The summed E-state index contributed by atoms with van der Waals surface area (Å²) in [6, 6.07) is 0. The number of nitrogens with one attached hydrogen (secondary N) is 2. The first-order chi connectivity index (χ1) is 6.65. The largest absolute Gasteiger partial charge is 0.383 e. The maximum Gasteiger partial charge on any atom is 0.224 e. The van der Waals surface area contributed by atoms with E-state index in [4.69, 9.17) is 11.1 Å². The Balaban J connectivity index is 2.83. The van der Waals surface area contributed by atoms with E-state index in [1.165, 1.54) is 6.20 Å². The SMILES string of the molecule is CCCNc1ncc(C(=N)Br)c(N)n1. The van der Waals surface area contributed by atoms with Gasteiger partial charge in [-0.15, -0.1) is 0 Å². The summed E-state index contributed by atoms with van der Waals surface area (Å²) in [5.74, 6) is 0.808. The van der Waals surface area contributed by atoms with Gasteiger partial charge in [-0.05, 0) is 22.4 Å². The fourth-order valence-electron chi connectivity index (χ4n) is 0.886. The molecule has 0 aliphatic rings. The second kappa shape index (κ2) is 4.90. The van der Waals surface area contributed by atoms with Gasteiger partial charge >= 0.3 is 0 Å². The van der Waals surface area contributed by atoms with Crippen LogP contribution in [0, 0.1) is 5.41 Å². The number of hydrogen-bond donors (Lipinski definition) is 3. The molecule has 0 spiro atoms. The average molecular weight is 258 g/mol. The zero-order valence-electron chi connectivity index (χ0n) is 7.84. The van der Waals surface area contributed by atoms with Crippen LogP contribution in [0.5, 0.6) is 0 Å². The predicted octanol–water partition coefficient (Wildman–Crippen LogP) is 1.60. The van der Waals surface area contributed by atoms with Gasteiger partial charge < -0.3 is 11.1 Å². The van der Waals surface area contributed by atoms with Gasteiger partial charge in [0.15, 0.2) is 0 Å². The van der Waals surface area contributed by atoms with Crippen molar-refractivity contribution in [3.05, 3.63) is 11.8 Å². The summed E-state index contributed by atoms with van der Waals surface area (Å²) in [4.78, 5) is 8.04. The van der Waals surface area contributed by atoms with Gasteiger partial charge in [0.05, 0.1) is 5.56 Å². The fourth-order valence-corrected chi connectivity index (χ4v) is 1.19. The number of nitrogens with zero attached hydrogens (tertiary/aromatic N) is 2. The summed E-state index contributed by atoms with van der Waals surface area (Å²) in [6.07, 6.45) is 2.52. The molecule has 1 heterocycles. The molecule has 4 N–H and O–H groups in total. The molecule has 0 fully saturated rings. The van der Waals surface area contributed by atoms with Crippen molar-refractivity contribution in [2.75, 3.05) is 17.6 Å². The van der Waals surface area contributed by atoms with Crippen molar-refractivity contribution in [1.82, 2.24) is 9.97 Å². The molecule has 1 aromatic heterocycles. The van der Waals surface area contributed by atoms with Crippen LogP contribution in [0.1, 0.15) is 18.9 Å². The highest BCUT2D eigenvalue weighted by Crippen LogP contribution is 2.13. The van der Waals surface area contributed by atoms with Crippen LogP contribution >= 0.6 is 15.9 Å². The normalized spacial score (nSPS) is 9.86. The summed E-state index contributed by atoms with van der Waals surface area (Å²) in [5.41, 5.74) is 6.14. The number of nitrogen functional groups attached to an aromatic ring is 1. The van der Waals surface area contributed by atoms with Crippen LogP contribution in [0.25, 0.3) is 0 Å². The van der Waals surface area contributed by atoms with Crippen molar-refractivity contribution >= 4 is 32.3 Å². The van der Waals surface area contributed by atoms with Crippen LogP contribution in [-0.4, -0.2) is 21.1 Å². The molecule has 0 bridgehead atoms. The molecular formula is C8H12BrN5. The lowest BCUT2D eigenvalue weighted by atomic mass is 10.3. The first kappa shape index (κ1) is 10.9. The van der Waals surface area contributed by atoms with Crippen molar-refractivity contribution in [2.24, 2.45) is 0 Å². The monoisotopic (exact) mass is 257 g/mol. The van der Waals surface area contributed by atoms with E-state index in [2.05, 4.69) is 38.1 Å². The van der Waals surface area contributed by atoms with Crippen LogP contribution in [0.15, 0.2) is 6.20 Å². The van der Waals surface area contributed by atoms with Crippen LogP contribution in [0.4, 0.5) is 11.8 Å². The lowest BCUT2D eigenvalue weighted by Crippen LogP contribution is -2.08. The zero-order chi connectivity index (χ0) is 10.6. The second-order valence-electron chi connectivity index (χ2n) is 2.73. The topological polar surface area (TPSA) is 87.7 Å². The Labute approximate surface area is 90.8 Å². The lowest BCUT2D eigenvalue weighted by Gasteiger charge is -2.05. The summed E-state index contributed by atoms with van der Waals surface area (Å²) in [5, 5.41) is 10.3. The van der Waals surface area contributed by atoms with E-state index < -0.39 is 0 Å². The fraction of sp³-hybridized carbons (Fsp3) is 0.375. The molecule has 0 radical (unpaired) electrons. The molecule has 0 saturated heterocycles. The first-order valence-corrected chi connectivity index (χ1v) is 5.05. The predicted molar refractivity (Wildman–Crippen MR) is 61.0 cm³/mol. The van der Waals surface area contributed by atoms with Crippen molar-refractivity contribution in [3.63, 3.8) is 0 Å². The molecule has 5 nitrogen and oxygen atoms in total. The van der Waals surface area contributed by atoms with Gasteiger partial charge in [-0.25, -0.2) is 4.98 Å². The van der Waals surface area contributed by atoms with Gasteiger partial charge in [0.2, 0.25) is 5.95 Å². The molecule has 0 amide bonds. The van der Waals surface area contributed by atoms with E-state index in [-0.39, 0.29) is 4.62 Å². The Bertz CT molecular complexity index is 339. The highest BCUT2D eigenvalue weighted by Gasteiger charge is 2.05. The minimum absolute atomic E-state index is 0.192.